The van der Waals surface area contributed by atoms with Crippen LogP contribution in [0.5, 0.6) is 0 Å². The summed E-state index contributed by atoms with van der Waals surface area (Å²) in [5, 5.41) is 11.5. The molecule has 1 aliphatic heterocycles. The van der Waals surface area contributed by atoms with Crippen LogP contribution in [0.3, 0.4) is 0 Å². The van der Waals surface area contributed by atoms with Crippen LogP contribution in [0.2, 0.25) is 0 Å². The number of fused-ring (bicyclic) bond motifs is 1. The highest BCUT2D eigenvalue weighted by atomic mass is 16.7. The van der Waals surface area contributed by atoms with Crippen molar-refractivity contribution in [2.45, 2.75) is 5.92 Å². The number of para-hydroxylation sites is 1. The molecule has 1 aromatic rings. The normalized spacial score (nSPS) is 17.1. The quantitative estimate of drug-likeness (QED) is 0.656. The Hall–Kier alpha value is -2.08. The second-order valence-corrected chi connectivity index (χ2v) is 3.67. The predicted molar refractivity (Wildman–Crippen MR) is 59.4 cm³/mol. The summed E-state index contributed by atoms with van der Waals surface area (Å²) in [5.41, 5.74) is 3.95. The van der Waals surface area contributed by atoms with Crippen molar-refractivity contribution in [2.24, 2.45) is 0 Å². The Kier molecular flexibility index (Phi) is 3.24. The summed E-state index contributed by atoms with van der Waals surface area (Å²) >= 11 is 0. The van der Waals surface area contributed by atoms with Crippen molar-refractivity contribution in [2.75, 3.05) is 18.5 Å². The third-order valence-corrected chi connectivity index (χ3v) is 2.52. The number of hydrogen-bond acceptors (Lipinski definition) is 4. The first kappa shape index (κ1) is 11.4. The number of carbonyl (C=O) groups excluding carboxylic acids is 1. The zero-order valence-electron chi connectivity index (χ0n) is 8.97. The van der Waals surface area contributed by atoms with Gasteiger partial charge < -0.3 is 10.4 Å². The van der Waals surface area contributed by atoms with Crippen LogP contribution in [0.15, 0.2) is 24.3 Å². The summed E-state index contributed by atoms with van der Waals surface area (Å²) in [5.74, 6) is -1.82. The molecule has 0 saturated carbocycles. The Morgan fingerprint density at radius 1 is 1.47 bits per heavy atom. The average molecular weight is 236 g/mol. The van der Waals surface area contributed by atoms with Crippen molar-refractivity contribution in [3.05, 3.63) is 29.8 Å². The molecule has 0 fully saturated rings. The fourth-order valence-electron chi connectivity index (χ4n) is 1.76. The van der Waals surface area contributed by atoms with Crippen LogP contribution < -0.4 is 10.8 Å². The maximum atomic E-state index is 11.7. The summed E-state index contributed by atoms with van der Waals surface area (Å²) in [7, 11) is 0. The van der Waals surface area contributed by atoms with Gasteiger partial charge in [-0.05, 0) is 11.6 Å². The van der Waals surface area contributed by atoms with E-state index in [4.69, 9.17) is 5.11 Å². The van der Waals surface area contributed by atoms with Crippen molar-refractivity contribution < 1.29 is 19.5 Å². The van der Waals surface area contributed by atoms with Gasteiger partial charge in [0.25, 0.3) is 5.91 Å². The minimum Gasteiger partial charge on any atom is -0.479 e. The monoisotopic (exact) mass is 236 g/mol. The Balaban J connectivity index is 1.96. The lowest BCUT2D eigenvalue weighted by Crippen LogP contribution is -2.32. The molecule has 0 radical (unpaired) electrons. The number of carboxylic acid groups (broad SMARTS) is 1. The van der Waals surface area contributed by atoms with E-state index in [0.717, 1.165) is 11.3 Å². The molecule has 1 atom stereocenters. The number of rotatable bonds is 4. The molecule has 6 nitrogen and oxygen atoms in total. The Morgan fingerprint density at radius 3 is 3.00 bits per heavy atom. The van der Waals surface area contributed by atoms with Gasteiger partial charge in [-0.15, -0.1) is 0 Å². The highest BCUT2D eigenvalue weighted by Gasteiger charge is 2.28. The van der Waals surface area contributed by atoms with E-state index in [9.17, 15) is 9.59 Å². The minimum atomic E-state index is -1.13. The lowest BCUT2D eigenvalue weighted by atomic mass is 10.0. The van der Waals surface area contributed by atoms with Crippen molar-refractivity contribution in [3.63, 3.8) is 0 Å². The molecule has 6 heteroatoms. The molecule has 0 saturated heterocycles. The fraction of sp³-hybridized carbons (Fsp3) is 0.273. The van der Waals surface area contributed by atoms with Gasteiger partial charge in [0.2, 0.25) is 0 Å². The number of aliphatic carboxylic acids is 1. The van der Waals surface area contributed by atoms with Gasteiger partial charge in [-0.2, -0.15) is 0 Å². The number of anilines is 1. The smallest absolute Gasteiger partial charge is 0.332 e. The number of amides is 1. The molecule has 1 amide bonds. The molecule has 90 valence electrons. The first-order valence-electron chi connectivity index (χ1n) is 5.14. The van der Waals surface area contributed by atoms with Gasteiger partial charge in [0.15, 0.2) is 6.61 Å². The topological polar surface area (TPSA) is 87.7 Å². The second kappa shape index (κ2) is 4.84. The van der Waals surface area contributed by atoms with Crippen LogP contribution in [0.1, 0.15) is 11.5 Å². The molecule has 0 aromatic heterocycles. The highest BCUT2D eigenvalue weighted by molar-refractivity contribution is 5.87. The first-order chi connectivity index (χ1) is 8.18. The van der Waals surface area contributed by atoms with E-state index in [2.05, 4.69) is 15.6 Å². The summed E-state index contributed by atoms with van der Waals surface area (Å²) in [4.78, 5) is 26.5. The molecule has 0 spiro atoms. The molecule has 17 heavy (non-hydrogen) atoms. The summed E-state index contributed by atoms with van der Waals surface area (Å²) < 4.78 is 0. The number of hydrogen-bond donors (Lipinski definition) is 3. The van der Waals surface area contributed by atoms with E-state index < -0.39 is 12.6 Å². The first-order valence-corrected chi connectivity index (χ1v) is 5.14. The van der Waals surface area contributed by atoms with Crippen molar-refractivity contribution in [1.82, 2.24) is 5.48 Å². The van der Waals surface area contributed by atoms with Gasteiger partial charge in [-0.25, -0.2) is 10.3 Å². The predicted octanol–water partition coefficient (Wildman–Crippen LogP) is 0.328. The molecule has 1 unspecified atom stereocenters. The van der Waals surface area contributed by atoms with Crippen LogP contribution >= 0.6 is 0 Å². The third-order valence-electron chi connectivity index (χ3n) is 2.52. The van der Waals surface area contributed by atoms with Crippen molar-refractivity contribution >= 4 is 17.6 Å². The summed E-state index contributed by atoms with van der Waals surface area (Å²) in [6.45, 7) is -0.0604. The molecule has 2 rings (SSSR count). The van der Waals surface area contributed by atoms with Gasteiger partial charge >= 0.3 is 5.97 Å². The fourth-order valence-corrected chi connectivity index (χ4v) is 1.76. The molecule has 0 bridgehead atoms. The van der Waals surface area contributed by atoms with E-state index >= 15 is 0 Å². The van der Waals surface area contributed by atoms with E-state index in [1.54, 1.807) is 0 Å². The third kappa shape index (κ3) is 2.54. The maximum Gasteiger partial charge on any atom is 0.332 e. The molecule has 1 aromatic carbocycles. The van der Waals surface area contributed by atoms with E-state index in [-0.39, 0.29) is 11.8 Å². The van der Waals surface area contributed by atoms with Gasteiger partial charge in [-0.1, -0.05) is 18.2 Å². The number of hydroxylamine groups is 1. The van der Waals surface area contributed by atoms with E-state index in [1.807, 2.05) is 24.3 Å². The second-order valence-electron chi connectivity index (χ2n) is 3.67. The Bertz CT molecular complexity index is 447. The van der Waals surface area contributed by atoms with E-state index in [1.165, 1.54) is 0 Å². The van der Waals surface area contributed by atoms with Gasteiger partial charge in [-0.3, -0.25) is 9.63 Å². The maximum absolute atomic E-state index is 11.7. The molecular weight excluding hydrogens is 224 g/mol. The standard InChI is InChI=1S/C11H12N2O4/c14-10(15)6-17-13-11(16)8-5-12-9-4-2-1-3-7(8)9/h1-4,8,12H,5-6H2,(H,13,16)(H,14,15). The van der Waals surface area contributed by atoms with Crippen LogP contribution in [0, 0.1) is 0 Å². The number of benzene rings is 1. The van der Waals surface area contributed by atoms with E-state index in [0.29, 0.717) is 6.54 Å². The largest absolute Gasteiger partial charge is 0.479 e. The van der Waals surface area contributed by atoms with Crippen LogP contribution in [-0.4, -0.2) is 30.1 Å². The van der Waals surface area contributed by atoms with Crippen molar-refractivity contribution in [1.29, 1.82) is 0 Å². The zero-order valence-corrected chi connectivity index (χ0v) is 8.97. The van der Waals surface area contributed by atoms with Crippen LogP contribution in [0.4, 0.5) is 5.69 Å². The summed E-state index contributed by atoms with van der Waals surface area (Å²) in [6.07, 6.45) is 0. The molecule has 1 heterocycles. The lowest BCUT2D eigenvalue weighted by molar-refractivity contribution is -0.149. The summed E-state index contributed by atoms with van der Waals surface area (Å²) in [6, 6.07) is 7.48. The molecule has 1 aliphatic rings. The lowest BCUT2D eigenvalue weighted by Gasteiger charge is -2.09. The number of carboxylic acids is 1. The highest BCUT2D eigenvalue weighted by Crippen LogP contribution is 2.30. The average Bonchev–Trinajstić information content (AvgIpc) is 2.72. The SMILES string of the molecule is O=C(O)CONC(=O)C1CNc2ccccc21. The van der Waals surface area contributed by atoms with Gasteiger partial charge in [0.1, 0.15) is 0 Å². The van der Waals surface area contributed by atoms with Gasteiger partial charge in [0, 0.05) is 12.2 Å². The molecular formula is C11H12N2O4. The molecule has 0 aliphatic carbocycles. The van der Waals surface area contributed by atoms with Gasteiger partial charge in [0.05, 0.1) is 5.92 Å². The number of nitrogens with one attached hydrogen (secondary N) is 2. The van der Waals surface area contributed by atoms with Crippen LogP contribution in [-0.2, 0) is 14.4 Å². The Morgan fingerprint density at radius 2 is 2.24 bits per heavy atom. The Labute approximate surface area is 97.5 Å². The molecule has 3 N–H and O–H groups in total. The minimum absolute atomic E-state index is 0.344. The van der Waals surface area contributed by atoms with Crippen molar-refractivity contribution in [3.8, 4) is 0 Å². The zero-order chi connectivity index (χ0) is 12.3. The van der Waals surface area contributed by atoms with Crippen LogP contribution in [0.25, 0.3) is 0 Å². The number of carbonyl (C=O) groups is 2.